The highest BCUT2D eigenvalue weighted by Gasteiger charge is 2.42. The first-order chi connectivity index (χ1) is 15.5. The van der Waals surface area contributed by atoms with Gasteiger partial charge in [-0.1, -0.05) is 30.3 Å². The zero-order chi connectivity index (χ0) is 22.5. The van der Waals surface area contributed by atoms with Crippen molar-refractivity contribution in [3.63, 3.8) is 0 Å². The lowest BCUT2D eigenvalue weighted by Gasteiger charge is -2.19. The van der Waals surface area contributed by atoms with Crippen LogP contribution in [0.2, 0.25) is 0 Å². The average molecular weight is 434 g/mol. The monoisotopic (exact) mass is 433 g/mol. The number of carbonyl (C=O) groups is 2. The smallest absolute Gasteiger partial charge is 0.306 e. The van der Waals surface area contributed by atoms with Gasteiger partial charge >= 0.3 is 5.97 Å². The predicted octanol–water partition coefficient (Wildman–Crippen LogP) is 5.10. The summed E-state index contributed by atoms with van der Waals surface area (Å²) < 4.78 is 11.4. The van der Waals surface area contributed by atoms with E-state index < -0.39 is 5.97 Å². The molecule has 3 aromatic rings. The second kappa shape index (κ2) is 9.73. The highest BCUT2D eigenvalue weighted by Crippen LogP contribution is 2.42. The summed E-state index contributed by atoms with van der Waals surface area (Å²) in [5.41, 5.74) is 2.47. The first-order valence-electron chi connectivity index (χ1n) is 10.9. The van der Waals surface area contributed by atoms with E-state index in [4.69, 9.17) is 14.3 Å². The van der Waals surface area contributed by atoms with Crippen molar-refractivity contribution in [1.29, 1.82) is 0 Å². The molecule has 6 heteroatoms. The maximum Gasteiger partial charge on any atom is 0.306 e. The minimum absolute atomic E-state index is 0.0701. The molecule has 4 rings (SSSR count). The summed E-state index contributed by atoms with van der Waals surface area (Å²) in [6, 6.07) is 18.8. The van der Waals surface area contributed by atoms with Gasteiger partial charge in [-0.05, 0) is 55.5 Å². The van der Waals surface area contributed by atoms with Crippen LogP contribution in [0.4, 0.5) is 0 Å². The Labute approximate surface area is 187 Å². The Bertz CT molecular complexity index is 1060. The molecule has 1 N–H and O–H groups in total. The van der Waals surface area contributed by atoms with Crippen LogP contribution in [0.15, 0.2) is 71.3 Å². The zero-order valence-corrected chi connectivity index (χ0v) is 18.1. The number of rotatable bonds is 10. The molecule has 32 heavy (non-hydrogen) atoms. The molecule has 0 bridgehead atoms. The summed E-state index contributed by atoms with van der Waals surface area (Å²) in [5, 5.41) is 8.99. The minimum atomic E-state index is -0.690. The van der Waals surface area contributed by atoms with Gasteiger partial charge in [0.2, 0.25) is 0 Å². The van der Waals surface area contributed by atoms with Crippen LogP contribution in [0.3, 0.4) is 0 Å². The molecule has 0 unspecified atom stereocenters. The maximum absolute atomic E-state index is 12.9. The number of nitrogens with zero attached hydrogens (tertiary/aromatic N) is 1. The first-order valence-corrected chi connectivity index (χ1v) is 10.9. The number of aliphatic carboxylic acids is 1. The molecule has 0 aliphatic heterocycles. The molecule has 1 heterocycles. The first kappa shape index (κ1) is 21.7. The van der Waals surface area contributed by atoms with Gasteiger partial charge in [0.25, 0.3) is 5.91 Å². The Morgan fingerprint density at radius 3 is 2.56 bits per heavy atom. The van der Waals surface area contributed by atoms with Crippen LogP contribution >= 0.6 is 0 Å². The van der Waals surface area contributed by atoms with Crippen LogP contribution in [0, 0.1) is 11.8 Å². The van der Waals surface area contributed by atoms with Gasteiger partial charge in [-0.15, -0.1) is 0 Å². The molecule has 1 aromatic heterocycles. The molecule has 2 aromatic carbocycles. The highest BCUT2D eigenvalue weighted by atomic mass is 16.5. The average Bonchev–Trinajstić information content (AvgIpc) is 3.38. The van der Waals surface area contributed by atoms with Crippen molar-refractivity contribution in [1.82, 2.24) is 4.90 Å². The van der Waals surface area contributed by atoms with E-state index in [0.29, 0.717) is 18.7 Å². The Morgan fingerprint density at radius 2 is 1.88 bits per heavy atom. The Balaban J connectivity index is 1.31. The second-order valence-corrected chi connectivity index (χ2v) is 8.25. The van der Waals surface area contributed by atoms with E-state index in [9.17, 15) is 9.59 Å². The molecule has 1 fully saturated rings. The van der Waals surface area contributed by atoms with Crippen molar-refractivity contribution >= 4 is 11.9 Å². The van der Waals surface area contributed by atoms with Crippen LogP contribution in [-0.2, 0) is 11.3 Å². The van der Waals surface area contributed by atoms with Gasteiger partial charge in [-0.25, -0.2) is 0 Å². The summed E-state index contributed by atoms with van der Waals surface area (Å²) in [6.45, 7) is 0.963. The van der Waals surface area contributed by atoms with Crippen molar-refractivity contribution in [2.24, 2.45) is 11.8 Å². The Hall–Kier alpha value is -3.54. The van der Waals surface area contributed by atoms with E-state index in [2.05, 4.69) is 0 Å². The molecular formula is C26H27NO5. The third-order valence-electron chi connectivity index (χ3n) is 5.88. The highest BCUT2D eigenvalue weighted by molar-refractivity contribution is 5.94. The summed E-state index contributed by atoms with van der Waals surface area (Å²) in [5.74, 6) is 0.877. The predicted molar refractivity (Wildman–Crippen MR) is 120 cm³/mol. The van der Waals surface area contributed by atoms with Crippen LogP contribution in [0.1, 0.15) is 35.2 Å². The third-order valence-corrected chi connectivity index (χ3v) is 5.88. The largest absolute Gasteiger partial charge is 0.493 e. The minimum Gasteiger partial charge on any atom is -0.493 e. The maximum atomic E-state index is 12.9. The standard InChI is InChI=1S/C26H27NO5/c1-27(25(28)19-12-10-18(11-13-19)23-9-5-15-31-23)17-21-6-2-3-8-24(21)32-14-4-7-20-16-22(20)26(29)30/h2-3,5-6,8-13,15,20,22H,4,7,14,16-17H2,1H3,(H,29,30)/t20-,22-/m1/s1. The fraction of sp³-hybridized carbons (Fsp3) is 0.308. The van der Waals surface area contributed by atoms with E-state index in [0.717, 1.165) is 41.9 Å². The van der Waals surface area contributed by atoms with Gasteiger partial charge in [0.15, 0.2) is 0 Å². The molecule has 2 atom stereocenters. The Morgan fingerprint density at radius 1 is 1.09 bits per heavy atom. The van der Waals surface area contributed by atoms with E-state index in [-0.39, 0.29) is 17.7 Å². The Kier molecular flexibility index (Phi) is 6.59. The van der Waals surface area contributed by atoms with Crippen molar-refractivity contribution in [2.45, 2.75) is 25.8 Å². The van der Waals surface area contributed by atoms with Crippen molar-refractivity contribution < 1.29 is 23.8 Å². The number of hydrogen-bond donors (Lipinski definition) is 1. The molecular weight excluding hydrogens is 406 g/mol. The van der Waals surface area contributed by atoms with E-state index >= 15 is 0 Å². The molecule has 1 saturated carbocycles. The molecule has 0 saturated heterocycles. The molecule has 0 radical (unpaired) electrons. The number of benzene rings is 2. The van der Waals surface area contributed by atoms with Crippen LogP contribution < -0.4 is 4.74 Å². The van der Waals surface area contributed by atoms with Gasteiger partial charge in [0.1, 0.15) is 11.5 Å². The number of furan rings is 1. The molecule has 1 aliphatic carbocycles. The summed E-state index contributed by atoms with van der Waals surface area (Å²) in [7, 11) is 1.78. The van der Waals surface area contributed by atoms with E-state index in [1.54, 1.807) is 30.3 Å². The van der Waals surface area contributed by atoms with Gasteiger partial charge < -0.3 is 19.2 Å². The zero-order valence-electron chi connectivity index (χ0n) is 18.1. The lowest BCUT2D eigenvalue weighted by atomic mass is 10.1. The third kappa shape index (κ3) is 5.19. The fourth-order valence-electron chi connectivity index (χ4n) is 3.94. The molecule has 1 amide bonds. The topological polar surface area (TPSA) is 80.0 Å². The number of hydrogen-bond acceptors (Lipinski definition) is 4. The van der Waals surface area contributed by atoms with E-state index in [1.165, 1.54) is 0 Å². The quantitative estimate of drug-likeness (QED) is 0.450. The molecule has 166 valence electrons. The van der Waals surface area contributed by atoms with Gasteiger partial charge in [-0.3, -0.25) is 9.59 Å². The second-order valence-electron chi connectivity index (χ2n) is 8.25. The number of carbonyl (C=O) groups excluding carboxylic acids is 1. The number of carboxylic acids is 1. The van der Waals surface area contributed by atoms with Gasteiger partial charge in [-0.2, -0.15) is 0 Å². The fourth-order valence-corrected chi connectivity index (χ4v) is 3.94. The van der Waals surface area contributed by atoms with Gasteiger partial charge in [0, 0.05) is 30.3 Å². The van der Waals surface area contributed by atoms with Crippen molar-refractivity contribution in [3.05, 3.63) is 78.1 Å². The molecule has 0 spiro atoms. The van der Waals surface area contributed by atoms with Gasteiger partial charge in [0.05, 0.1) is 18.8 Å². The SMILES string of the molecule is CN(Cc1ccccc1OCCC[C@@H]1C[C@H]1C(=O)O)C(=O)c1ccc(-c2ccco2)cc1. The summed E-state index contributed by atoms with van der Waals surface area (Å²) in [4.78, 5) is 25.5. The number of carboxylic acid groups (broad SMARTS) is 1. The number of para-hydroxylation sites is 1. The lowest BCUT2D eigenvalue weighted by Crippen LogP contribution is -2.26. The number of amides is 1. The van der Waals surface area contributed by atoms with Crippen LogP contribution in [0.5, 0.6) is 5.75 Å². The van der Waals surface area contributed by atoms with Crippen molar-refractivity contribution in [3.8, 4) is 17.1 Å². The normalized spacial score (nSPS) is 17.0. The van der Waals surface area contributed by atoms with Crippen LogP contribution in [-0.4, -0.2) is 35.5 Å². The molecule has 1 aliphatic rings. The van der Waals surface area contributed by atoms with Crippen LogP contribution in [0.25, 0.3) is 11.3 Å². The lowest BCUT2D eigenvalue weighted by molar-refractivity contribution is -0.138. The summed E-state index contributed by atoms with van der Waals surface area (Å²) >= 11 is 0. The van der Waals surface area contributed by atoms with Crippen molar-refractivity contribution in [2.75, 3.05) is 13.7 Å². The van der Waals surface area contributed by atoms with E-state index in [1.807, 2.05) is 48.5 Å². The summed E-state index contributed by atoms with van der Waals surface area (Å²) in [6.07, 6.45) is 4.09. The molecule has 6 nitrogen and oxygen atoms in total. The number of ether oxygens (including phenoxy) is 1.